The molecule has 2 aromatic carbocycles. The summed E-state index contributed by atoms with van der Waals surface area (Å²) in [4.78, 5) is 0.370. The number of rotatable bonds is 7. The Morgan fingerprint density at radius 2 is 1.86 bits per heavy atom. The van der Waals surface area contributed by atoms with Gasteiger partial charge in [0.05, 0.1) is 33.3 Å². The highest BCUT2D eigenvalue weighted by atomic mass is 32.2. The van der Waals surface area contributed by atoms with Gasteiger partial charge < -0.3 is 5.11 Å². The largest absolute Gasteiger partial charge is 0.389 e. The Labute approximate surface area is 212 Å². The molecular weight excluding hydrogens is 475 g/mol. The van der Waals surface area contributed by atoms with E-state index in [1.165, 1.54) is 17.7 Å². The molecule has 1 saturated carbocycles. The first-order chi connectivity index (χ1) is 17.1. The first-order valence-corrected chi connectivity index (χ1v) is 14.2. The van der Waals surface area contributed by atoms with Gasteiger partial charge >= 0.3 is 0 Å². The number of sulfone groups is 1. The zero-order chi connectivity index (χ0) is 25.7. The van der Waals surface area contributed by atoms with E-state index in [1.54, 1.807) is 38.1 Å². The summed E-state index contributed by atoms with van der Waals surface area (Å²) >= 11 is 0. The second-order valence-electron chi connectivity index (χ2n) is 10.5. The van der Waals surface area contributed by atoms with Crippen molar-refractivity contribution in [2.24, 2.45) is 5.41 Å². The quantitative estimate of drug-likeness (QED) is 0.445. The molecule has 7 heteroatoms. The van der Waals surface area contributed by atoms with Gasteiger partial charge in [0, 0.05) is 5.41 Å². The summed E-state index contributed by atoms with van der Waals surface area (Å²) in [5.74, 6) is -0.285. The van der Waals surface area contributed by atoms with Crippen LogP contribution in [-0.2, 0) is 22.7 Å². The molecule has 1 N–H and O–H groups in total. The van der Waals surface area contributed by atoms with Gasteiger partial charge in [0.15, 0.2) is 9.84 Å². The van der Waals surface area contributed by atoms with Gasteiger partial charge in [0.2, 0.25) is 0 Å². The zero-order valence-electron chi connectivity index (χ0n) is 21.0. The van der Waals surface area contributed by atoms with Crippen LogP contribution < -0.4 is 0 Å². The lowest BCUT2D eigenvalue weighted by Crippen LogP contribution is -2.47. The molecule has 5 nitrogen and oxygen atoms in total. The van der Waals surface area contributed by atoms with Crippen molar-refractivity contribution in [2.45, 2.75) is 75.0 Å². The summed E-state index contributed by atoms with van der Waals surface area (Å²) in [6.07, 6.45) is 7.88. The average Bonchev–Trinajstić information content (AvgIpc) is 3.40. The van der Waals surface area contributed by atoms with E-state index < -0.39 is 26.1 Å². The number of hydrogen-bond acceptors (Lipinski definition) is 4. The number of nitrogens with zero attached hydrogens (tertiary/aromatic N) is 2. The summed E-state index contributed by atoms with van der Waals surface area (Å²) in [7, 11) is -3.41. The van der Waals surface area contributed by atoms with Crippen LogP contribution in [0.1, 0.15) is 63.3 Å². The van der Waals surface area contributed by atoms with Gasteiger partial charge in [-0.05, 0) is 99.9 Å². The number of fused-ring (bicyclic) bond motifs is 2. The van der Waals surface area contributed by atoms with Crippen LogP contribution in [-0.4, -0.2) is 34.2 Å². The van der Waals surface area contributed by atoms with Gasteiger partial charge in [-0.1, -0.05) is 30.7 Å². The maximum atomic E-state index is 13.4. The molecule has 2 aliphatic rings. The minimum absolute atomic E-state index is 0.285. The molecule has 1 unspecified atom stereocenters. The van der Waals surface area contributed by atoms with Crippen molar-refractivity contribution in [3.05, 3.63) is 82.9 Å². The molecule has 2 atom stereocenters. The molecule has 0 radical (unpaired) electrons. The number of aryl methyl sites for hydroxylation is 1. The molecule has 190 valence electrons. The van der Waals surface area contributed by atoms with E-state index in [2.05, 4.69) is 18.1 Å². The van der Waals surface area contributed by atoms with E-state index in [-0.39, 0.29) is 5.82 Å². The molecule has 0 saturated heterocycles. The minimum atomic E-state index is -3.41. The van der Waals surface area contributed by atoms with Gasteiger partial charge in [-0.2, -0.15) is 5.10 Å². The van der Waals surface area contributed by atoms with Gasteiger partial charge in [-0.25, -0.2) is 17.5 Å². The standard InChI is InChI=1S/C29H33FN2O3S/c1-4-28-18-22-19-31-32(25-11-9-24(30)10-12-25)26(22)17-23(28)14-16-29(28,33)15-13-21-7-5-6-8-27(21)36(34,35)20(2)3/h5-12,17,19-20,33H,4,13-16,18H2,1-3H3/t28-,29?/m0/s1. The Morgan fingerprint density at radius 1 is 1.14 bits per heavy atom. The third kappa shape index (κ3) is 3.84. The predicted octanol–water partition coefficient (Wildman–Crippen LogP) is 5.69. The number of aliphatic hydroxyl groups is 1. The van der Waals surface area contributed by atoms with Crippen LogP contribution in [0.4, 0.5) is 4.39 Å². The van der Waals surface area contributed by atoms with Crippen LogP contribution in [0.3, 0.4) is 0 Å². The summed E-state index contributed by atoms with van der Waals surface area (Å²) in [6.45, 7) is 5.52. The highest BCUT2D eigenvalue weighted by Crippen LogP contribution is 2.59. The van der Waals surface area contributed by atoms with E-state index >= 15 is 0 Å². The summed E-state index contributed by atoms with van der Waals surface area (Å²) < 4.78 is 41.2. The normalized spacial score (nSPS) is 23.4. The van der Waals surface area contributed by atoms with Gasteiger partial charge in [-0.3, -0.25) is 0 Å². The number of halogens is 1. The van der Waals surface area contributed by atoms with Crippen molar-refractivity contribution >= 4 is 15.9 Å². The fraction of sp³-hybridized carbons (Fsp3) is 0.414. The maximum absolute atomic E-state index is 13.4. The summed E-state index contributed by atoms with van der Waals surface area (Å²) in [5.41, 5.74) is 3.47. The molecule has 36 heavy (non-hydrogen) atoms. The molecule has 0 amide bonds. The fourth-order valence-electron chi connectivity index (χ4n) is 6.20. The zero-order valence-corrected chi connectivity index (χ0v) is 21.9. The van der Waals surface area contributed by atoms with E-state index in [4.69, 9.17) is 0 Å². The molecule has 1 fully saturated rings. The van der Waals surface area contributed by atoms with E-state index in [0.717, 1.165) is 35.3 Å². The minimum Gasteiger partial charge on any atom is -0.389 e. The lowest BCUT2D eigenvalue weighted by atomic mass is 9.63. The van der Waals surface area contributed by atoms with Gasteiger partial charge in [0.25, 0.3) is 0 Å². The SMILES string of the molecule is CC[C@]12Cc3cnn(-c4ccc(F)cc4)c3C=C1CCC2(O)CCc1ccccc1S(=O)(=O)C(C)C. The topological polar surface area (TPSA) is 72.2 Å². The molecular formula is C29H33FN2O3S. The third-order valence-electron chi connectivity index (χ3n) is 8.39. The Balaban J connectivity index is 1.46. The Bertz CT molecular complexity index is 1420. The second kappa shape index (κ2) is 8.96. The van der Waals surface area contributed by atoms with Crippen molar-refractivity contribution < 1.29 is 17.9 Å². The molecule has 0 bridgehead atoms. The fourth-order valence-corrected chi connectivity index (χ4v) is 7.51. The molecule has 5 rings (SSSR count). The summed E-state index contributed by atoms with van der Waals surface area (Å²) in [6, 6.07) is 13.5. The molecule has 1 heterocycles. The highest BCUT2D eigenvalue weighted by Gasteiger charge is 2.56. The molecule has 3 aromatic rings. The first-order valence-electron chi connectivity index (χ1n) is 12.7. The molecule has 1 aromatic heterocycles. The van der Waals surface area contributed by atoms with Crippen LogP contribution in [0.5, 0.6) is 0 Å². The van der Waals surface area contributed by atoms with Crippen molar-refractivity contribution in [3.8, 4) is 5.69 Å². The van der Waals surface area contributed by atoms with Gasteiger partial charge in [0.1, 0.15) is 5.82 Å². The smallest absolute Gasteiger partial charge is 0.180 e. The molecule has 2 aliphatic carbocycles. The van der Waals surface area contributed by atoms with E-state index in [9.17, 15) is 17.9 Å². The van der Waals surface area contributed by atoms with Crippen molar-refractivity contribution in [1.82, 2.24) is 9.78 Å². The van der Waals surface area contributed by atoms with Crippen LogP contribution in [0.15, 0.2) is 65.2 Å². The van der Waals surface area contributed by atoms with Crippen molar-refractivity contribution in [3.63, 3.8) is 0 Å². The number of aromatic nitrogens is 2. The Hall–Kier alpha value is -2.77. The first kappa shape index (κ1) is 24.9. The molecule has 0 aliphatic heterocycles. The lowest BCUT2D eigenvalue weighted by Gasteiger charge is -2.45. The van der Waals surface area contributed by atoms with E-state index in [1.807, 2.05) is 23.0 Å². The highest BCUT2D eigenvalue weighted by molar-refractivity contribution is 7.92. The number of hydrogen-bond donors (Lipinski definition) is 1. The number of benzene rings is 2. The average molecular weight is 509 g/mol. The van der Waals surface area contributed by atoms with Crippen LogP contribution in [0.25, 0.3) is 11.8 Å². The molecule has 0 spiro atoms. The maximum Gasteiger partial charge on any atom is 0.180 e. The second-order valence-corrected chi connectivity index (χ2v) is 12.9. The Morgan fingerprint density at radius 3 is 2.56 bits per heavy atom. The van der Waals surface area contributed by atoms with Crippen LogP contribution >= 0.6 is 0 Å². The lowest BCUT2D eigenvalue weighted by molar-refractivity contribution is -0.0569. The third-order valence-corrected chi connectivity index (χ3v) is 10.6. The van der Waals surface area contributed by atoms with Crippen molar-refractivity contribution in [1.29, 1.82) is 0 Å². The monoisotopic (exact) mass is 508 g/mol. The summed E-state index contributed by atoms with van der Waals surface area (Å²) in [5, 5.41) is 16.2. The van der Waals surface area contributed by atoms with Crippen molar-refractivity contribution in [2.75, 3.05) is 0 Å². The Kier molecular flexibility index (Phi) is 6.20. The predicted molar refractivity (Wildman–Crippen MR) is 139 cm³/mol. The van der Waals surface area contributed by atoms with Gasteiger partial charge in [-0.15, -0.1) is 0 Å². The van der Waals surface area contributed by atoms with Crippen LogP contribution in [0, 0.1) is 11.2 Å². The van der Waals surface area contributed by atoms with Crippen LogP contribution in [0.2, 0.25) is 0 Å². The van der Waals surface area contributed by atoms with E-state index in [0.29, 0.717) is 30.6 Å².